The molecule has 1 aromatic carbocycles. The highest BCUT2D eigenvalue weighted by Gasteiger charge is 2.19. The third-order valence-electron chi connectivity index (χ3n) is 3.69. The van der Waals surface area contributed by atoms with Gasteiger partial charge in [0.25, 0.3) is 0 Å². The molecule has 0 saturated heterocycles. The van der Waals surface area contributed by atoms with Crippen LogP contribution in [0.4, 0.5) is 0 Å². The lowest BCUT2D eigenvalue weighted by molar-refractivity contribution is 0.0907. The molecule has 0 spiro atoms. The summed E-state index contributed by atoms with van der Waals surface area (Å²) in [7, 11) is -0.604. The minimum absolute atomic E-state index is 0.147. The predicted molar refractivity (Wildman–Crippen MR) is 96.0 cm³/mol. The summed E-state index contributed by atoms with van der Waals surface area (Å²) in [6, 6.07) is 9.60. The molecule has 27 heavy (non-hydrogen) atoms. The highest BCUT2D eigenvalue weighted by molar-refractivity contribution is 7.89. The molecule has 0 aliphatic rings. The zero-order chi connectivity index (χ0) is 19.4. The Balaban J connectivity index is 1.71. The molecule has 9 nitrogen and oxygen atoms in total. The molecule has 2 aromatic heterocycles. The van der Waals surface area contributed by atoms with E-state index in [2.05, 4.69) is 20.4 Å². The van der Waals surface area contributed by atoms with Gasteiger partial charge in [-0.05, 0) is 35.9 Å². The molecule has 0 fully saturated rings. The summed E-state index contributed by atoms with van der Waals surface area (Å²) in [5.41, 5.74) is 1.37. The van der Waals surface area contributed by atoms with Gasteiger partial charge in [-0.15, -0.1) is 0 Å². The van der Waals surface area contributed by atoms with E-state index in [0.717, 1.165) is 9.87 Å². The van der Waals surface area contributed by atoms with Gasteiger partial charge < -0.3 is 9.84 Å². The number of nitrogens with zero attached hydrogens (tertiary/aromatic N) is 4. The van der Waals surface area contributed by atoms with Crippen molar-refractivity contribution in [3.63, 3.8) is 0 Å². The number of pyridine rings is 1. The smallest absolute Gasteiger partial charge is 0.316 e. The number of nitrogens with one attached hydrogen (secondary N) is 1. The van der Waals surface area contributed by atoms with E-state index in [0.29, 0.717) is 5.56 Å². The topological polar surface area (TPSA) is 118 Å². The number of benzene rings is 1. The molecule has 3 rings (SSSR count). The van der Waals surface area contributed by atoms with Crippen molar-refractivity contribution in [3.8, 4) is 11.4 Å². The number of hydrogen-bond acceptors (Lipinski definition) is 7. The molecule has 0 radical (unpaired) electrons. The average molecular weight is 387 g/mol. The van der Waals surface area contributed by atoms with Gasteiger partial charge in [0.2, 0.25) is 15.8 Å². The summed E-state index contributed by atoms with van der Waals surface area (Å²) in [5.74, 6) is -0.501. The van der Waals surface area contributed by atoms with Crippen molar-refractivity contribution in [3.05, 3.63) is 60.2 Å². The van der Waals surface area contributed by atoms with Crippen LogP contribution in [0.15, 0.2) is 58.2 Å². The lowest BCUT2D eigenvalue weighted by Crippen LogP contribution is -2.23. The molecule has 0 bridgehead atoms. The maximum absolute atomic E-state index is 12.1. The minimum atomic E-state index is -3.52. The van der Waals surface area contributed by atoms with Gasteiger partial charge in [0.15, 0.2) is 0 Å². The number of amides is 1. The minimum Gasteiger partial charge on any atom is -0.344 e. The summed E-state index contributed by atoms with van der Waals surface area (Å²) >= 11 is 0. The van der Waals surface area contributed by atoms with E-state index >= 15 is 0 Å². The molecule has 0 aliphatic heterocycles. The first kappa shape index (κ1) is 18.7. The molecule has 1 amide bonds. The zero-order valence-corrected chi connectivity index (χ0v) is 15.5. The fourth-order valence-electron chi connectivity index (χ4n) is 2.18. The Hall–Kier alpha value is -3.11. The molecule has 0 saturated carbocycles. The highest BCUT2D eigenvalue weighted by Crippen LogP contribution is 2.20. The number of carbonyl (C=O) groups is 1. The predicted octanol–water partition coefficient (Wildman–Crippen LogP) is 1.31. The van der Waals surface area contributed by atoms with Crippen molar-refractivity contribution in [2.45, 2.75) is 11.4 Å². The molecule has 140 valence electrons. The van der Waals surface area contributed by atoms with Crippen LogP contribution >= 0.6 is 0 Å². The molecule has 10 heteroatoms. The number of hydrogen-bond donors (Lipinski definition) is 1. The van der Waals surface area contributed by atoms with Gasteiger partial charge in [-0.3, -0.25) is 9.78 Å². The van der Waals surface area contributed by atoms with Gasteiger partial charge in [-0.2, -0.15) is 4.98 Å². The molecule has 0 aliphatic carbocycles. The van der Waals surface area contributed by atoms with Crippen LogP contribution in [-0.4, -0.2) is 47.9 Å². The Morgan fingerprint density at radius 1 is 1.19 bits per heavy atom. The quantitative estimate of drug-likeness (QED) is 0.677. The Labute approximate surface area is 156 Å². The molecule has 2 heterocycles. The largest absolute Gasteiger partial charge is 0.344 e. The Morgan fingerprint density at radius 3 is 2.56 bits per heavy atom. The van der Waals surface area contributed by atoms with E-state index in [1.165, 1.54) is 26.2 Å². The number of carbonyl (C=O) groups excluding carboxylic acids is 1. The third kappa shape index (κ3) is 4.18. The summed E-state index contributed by atoms with van der Waals surface area (Å²) < 4.78 is 30.3. The van der Waals surface area contributed by atoms with Crippen LogP contribution in [-0.2, 0) is 16.6 Å². The first-order valence-electron chi connectivity index (χ1n) is 7.91. The molecule has 3 aromatic rings. The molecule has 0 atom stereocenters. The Kier molecular flexibility index (Phi) is 5.28. The third-order valence-corrected chi connectivity index (χ3v) is 5.52. The maximum atomic E-state index is 12.1. The number of rotatable bonds is 6. The standard InChI is InChI=1S/C17H17N5O4S/c1-22(2)27(24,25)14-7-5-13(6-8-14)15-20-17(26-21-15)16(23)19-11-12-4-3-9-18-10-12/h3-10H,11H2,1-2H3,(H,19,23). The van der Waals surface area contributed by atoms with E-state index in [9.17, 15) is 13.2 Å². The first-order chi connectivity index (χ1) is 12.9. The molecule has 1 N–H and O–H groups in total. The lowest BCUT2D eigenvalue weighted by Gasteiger charge is -2.11. The van der Waals surface area contributed by atoms with Gasteiger partial charge in [0, 0.05) is 38.6 Å². The molecular formula is C17H17N5O4S. The molecule has 0 unspecified atom stereocenters. The van der Waals surface area contributed by atoms with Crippen LogP contribution in [0, 0.1) is 0 Å². The normalized spacial score (nSPS) is 11.5. The van der Waals surface area contributed by atoms with Gasteiger partial charge in [-0.1, -0.05) is 11.2 Å². The zero-order valence-electron chi connectivity index (χ0n) is 14.7. The fraction of sp³-hybridized carbons (Fsp3) is 0.176. The van der Waals surface area contributed by atoms with Crippen LogP contribution in [0.3, 0.4) is 0 Å². The Morgan fingerprint density at radius 2 is 1.93 bits per heavy atom. The van der Waals surface area contributed by atoms with E-state index < -0.39 is 15.9 Å². The summed E-state index contributed by atoms with van der Waals surface area (Å²) in [5, 5.41) is 6.43. The van der Waals surface area contributed by atoms with E-state index in [-0.39, 0.29) is 23.2 Å². The summed E-state index contributed by atoms with van der Waals surface area (Å²) in [6.45, 7) is 0.279. The van der Waals surface area contributed by atoms with Crippen molar-refractivity contribution in [2.24, 2.45) is 0 Å². The number of aromatic nitrogens is 3. The van der Waals surface area contributed by atoms with Crippen LogP contribution in [0.5, 0.6) is 0 Å². The SMILES string of the molecule is CN(C)S(=O)(=O)c1ccc(-c2noc(C(=O)NCc3cccnc3)n2)cc1. The van der Waals surface area contributed by atoms with Crippen molar-refractivity contribution >= 4 is 15.9 Å². The van der Waals surface area contributed by atoms with Crippen LogP contribution in [0.2, 0.25) is 0 Å². The lowest BCUT2D eigenvalue weighted by atomic mass is 10.2. The van der Waals surface area contributed by atoms with Crippen molar-refractivity contribution in [2.75, 3.05) is 14.1 Å². The van der Waals surface area contributed by atoms with Gasteiger partial charge >= 0.3 is 11.8 Å². The van der Waals surface area contributed by atoms with E-state index in [1.54, 1.807) is 30.6 Å². The summed E-state index contributed by atoms with van der Waals surface area (Å²) in [6.07, 6.45) is 3.29. The van der Waals surface area contributed by atoms with Crippen molar-refractivity contribution in [1.82, 2.24) is 24.7 Å². The second-order valence-corrected chi connectivity index (χ2v) is 7.93. The van der Waals surface area contributed by atoms with Gasteiger partial charge in [0.05, 0.1) is 4.90 Å². The Bertz CT molecular complexity index is 1030. The second-order valence-electron chi connectivity index (χ2n) is 5.78. The van der Waals surface area contributed by atoms with Gasteiger partial charge in [-0.25, -0.2) is 12.7 Å². The maximum Gasteiger partial charge on any atom is 0.316 e. The highest BCUT2D eigenvalue weighted by atomic mass is 32.2. The average Bonchev–Trinajstić information content (AvgIpc) is 3.17. The monoisotopic (exact) mass is 387 g/mol. The van der Waals surface area contributed by atoms with Crippen LogP contribution in [0.1, 0.15) is 16.2 Å². The summed E-state index contributed by atoms with van der Waals surface area (Å²) in [4.78, 5) is 20.3. The van der Waals surface area contributed by atoms with Crippen LogP contribution in [0.25, 0.3) is 11.4 Å². The fourth-order valence-corrected chi connectivity index (χ4v) is 3.08. The molecular weight excluding hydrogens is 370 g/mol. The van der Waals surface area contributed by atoms with E-state index in [1.807, 2.05) is 6.07 Å². The van der Waals surface area contributed by atoms with Crippen LogP contribution < -0.4 is 5.32 Å². The van der Waals surface area contributed by atoms with Crippen molar-refractivity contribution < 1.29 is 17.7 Å². The number of sulfonamides is 1. The second kappa shape index (κ2) is 7.64. The van der Waals surface area contributed by atoms with Crippen molar-refractivity contribution in [1.29, 1.82) is 0 Å². The van der Waals surface area contributed by atoms with Gasteiger partial charge in [0.1, 0.15) is 0 Å². The first-order valence-corrected chi connectivity index (χ1v) is 9.36. The van der Waals surface area contributed by atoms with E-state index in [4.69, 9.17) is 4.52 Å².